The van der Waals surface area contributed by atoms with E-state index < -0.39 is 0 Å². The Morgan fingerprint density at radius 1 is 1.00 bits per heavy atom. The number of nitrogens with zero attached hydrogens (tertiary/aromatic N) is 1. The summed E-state index contributed by atoms with van der Waals surface area (Å²) < 4.78 is 18.4. The Hall–Kier alpha value is -2.86. The number of hydrogen-bond acceptors (Lipinski definition) is 2. The SMILES string of the molecule is COc1cccc2nc(C#Cc3cccc(F)c3)ccc12. The van der Waals surface area contributed by atoms with Gasteiger partial charge in [-0.05, 0) is 48.4 Å². The van der Waals surface area contributed by atoms with Crippen LogP contribution in [0.5, 0.6) is 5.75 Å². The summed E-state index contributed by atoms with van der Waals surface area (Å²) in [5, 5.41) is 0.941. The minimum Gasteiger partial charge on any atom is -0.496 e. The molecule has 0 saturated carbocycles. The second-order valence-corrected chi connectivity index (χ2v) is 4.48. The summed E-state index contributed by atoms with van der Waals surface area (Å²) in [6.07, 6.45) is 0. The smallest absolute Gasteiger partial charge is 0.128 e. The van der Waals surface area contributed by atoms with Crippen molar-refractivity contribution in [3.8, 4) is 17.6 Å². The fourth-order valence-electron chi connectivity index (χ4n) is 2.08. The molecular weight excluding hydrogens is 265 g/mol. The summed E-state index contributed by atoms with van der Waals surface area (Å²) in [6, 6.07) is 15.6. The van der Waals surface area contributed by atoms with Gasteiger partial charge in [-0.15, -0.1) is 0 Å². The Morgan fingerprint density at radius 3 is 2.67 bits per heavy atom. The molecule has 0 fully saturated rings. The lowest BCUT2D eigenvalue weighted by Crippen LogP contribution is -1.88. The second-order valence-electron chi connectivity index (χ2n) is 4.48. The van der Waals surface area contributed by atoms with E-state index in [-0.39, 0.29) is 5.82 Å². The lowest BCUT2D eigenvalue weighted by Gasteiger charge is -2.04. The van der Waals surface area contributed by atoms with Crippen molar-refractivity contribution in [3.05, 3.63) is 71.7 Å². The van der Waals surface area contributed by atoms with Gasteiger partial charge in [0.25, 0.3) is 0 Å². The Balaban J connectivity index is 1.99. The molecule has 0 bridgehead atoms. The van der Waals surface area contributed by atoms with Gasteiger partial charge in [-0.1, -0.05) is 18.1 Å². The molecule has 1 aromatic heterocycles. The first-order valence-electron chi connectivity index (χ1n) is 6.47. The van der Waals surface area contributed by atoms with Crippen LogP contribution < -0.4 is 4.74 Å². The molecule has 2 aromatic carbocycles. The van der Waals surface area contributed by atoms with Crippen LogP contribution in [-0.4, -0.2) is 12.1 Å². The molecule has 3 heteroatoms. The molecule has 0 radical (unpaired) electrons. The largest absolute Gasteiger partial charge is 0.496 e. The Bertz CT molecular complexity index is 862. The Morgan fingerprint density at radius 2 is 1.86 bits per heavy atom. The highest BCUT2D eigenvalue weighted by Crippen LogP contribution is 2.23. The van der Waals surface area contributed by atoms with Crippen molar-refractivity contribution >= 4 is 10.9 Å². The first-order chi connectivity index (χ1) is 10.3. The van der Waals surface area contributed by atoms with E-state index in [1.807, 2.05) is 30.3 Å². The highest BCUT2D eigenvalue weighted by Gasteiger charge is 2.02. The number of halogens is 1. The molecule has 0 spiro atoms. The molecule has 1 heterocycles. The Labute approximate surface area is 122 Å². The molecule has 3 rings (SSSR count). The fraction of sp³-hybridized carbons (Fsp3) is 0.0556. The van der Waals surface area contributed by atoms with E-state index in [1.54, 1.807) is 19.2 Å². The summed E-state index contributed by atoms with van der Waals surface area (Å²) in [4.78, 5) is 4.47. The number of pyridine rings is 1. The van der Waals surface area contributed by atoms with Gasteiger partial charge in [0.15, 0.2) is 0 Å². The van der Waals surface area contributed by atoms with Gasteiger partial charge in [-0.25, -0.2) is 9.37 Å². The monoisotopic (exact) mass is 277 g/mol. The van der Waals surface area contributed by atoms with Crippen molar-refractivity contribution < 1.29 is 9.13 Å². The highest BCUT2D eigenvalue weighted by molar-refractivity contribution is 5.85. The van der Waals surface area contributed by atoms with Gasteiger partial charge >= 0.3 is 0 Å². The maximum Gasteiger partial charge on any atom is 0.128 e. The molecule has 0 aliphatic carbocycles. The molecule has 0 saturated heterocycles. The van der Waals surface area contributed by atoms with Gasteiger partial charge in [-0.2, -0.15) is 0 Å². The number of ether oxygens (including phenoxy) is 1. The number of rotatable bonds is 1. The first-order valence-corrected chi connectivity index (χ1v) is 6.47. The van der Waals surface area contributed by atoms with Crippen LogP contribution in [0.15, 0.2) is 54.6 Å². The minimum absolute atomic E-state index is 0.294. The lowest BCUT2D eigenvalue weighted by atomic mass is 10.1. The summed E-state index contributed by atoms with van der Waals surface area (Å²) in [7, 11) is 1.63. The summed E-state index contributed by atoms with van der Waals surface area (Å²) in [6.45, 7) is 0. The Kier molecular flexibility index (Phi) is 3.53. The van der Waals surface area contributed by atoms with E-state index in [2.05, 4.69) is 16.8 Å². The van der Waals surface area contributed by atoms with Crippen LogP contribution in [0.3, 0.4) is 0 Å². The van der Waals surface area contributed by atoms with Crippen LogP contribution in [-0.2, 0) is 0 Å². The average Bonchev–Trinajstić information content (AvgIpc) is 2.52. The normalized spacial score (nSPS) is 10.0. The van der Waals surface area contributed by atoms with E-state index in [4.69, 9.17) is 4.74 Å². The summed E-state index contributed by atoms with van der Waals surface area (Å²) in [5.41, 5.74) is 2.09. The van der Waals surface area contributed by atoms with Gasteiger partial charge in [-0.3, -0.25) is 0 Å². The van der Waals surface area contributed by atoms with Gasteiger partial charge in [0.1, 0.15) is 17.3 Å². The van der Waals surface area contributed by atoms with E-state index in [0.717, 1.165) is 16.7 Å². The van der Waals surface area contributed by atoms with Crippen LogP contribution in [0.1, 0.15) is 11.3 Å². The zero-order valence-electron chi connectivity index (χ0n) is 11.4. The molecule has 3 aromatic rings. The molecule has 0 aliphatic rings. The van der Waals surface area contributed by atoms with Gasteiger partial charge in [0, 0.05) is 10.9 Å². The molecule has 102 valence electrons. The molecule has 0 aliphatic heterocycles. The van der Waals surface area contributed by atoms with Gasteiger partial charge in [0.2, 0.25) is 0 Å². The lowest BCUT2D eigenvalue weighted by molar-refractivity contribution is 0.420. The zero-order valence-corrected chi connectivity index (χ0v) is 11.4. The van der Waals surface area contributed by atoms with Crippen molar-refractivity contribution in [1.82, 2.24) is 4.98 Å². The van der Waals surface area contributed by atoms with Crippen LogP contribution in [0, 0.1) is 17.7 Å². The van der Waals surface area contributed by atoms with Crippen molar-refractivity contribution in [2.75, 3.05) is 7.11 Å². The van der Waals surface area contributed by atoms with Crippen molar-refractivity contribution in [2.45, 2.75) is 0 Å². The third kappa shape index (κ3) is 2.85. The highest BCUT2D eigenvalue weighted by atomic mass is 19.1. The number of benzene rings is 2. The third-order valence-corrected chi connectivity index (χ3v) is 3.07. The van der Waals surface area contributed by atoms with E-state index in [0.29, 0.717) is 11.3 Å². The fourth-order valence-corrected chi connectivity index (χ4v) is 2.08. The first kappa shape index (κ1) is 13.1. The maximum absolute atomic E-state index is 13.1. The number of fused-ring (bicyclic) bond motifs is 1. The standard InChI is InChI=1S/C18H12FNO/c1-21-18-7-3-6-17-16(18)11-10-15(20-17)9-8-13-4-2-5-14(19)12-13/h2-7,10-12H,1H3. The summed E-state index contributed by atoms with van der Waals surface area (Å²) >= 11 is 0. The maximum atomic E-state index is 13.1. The topological polar surface area (TPSA) is 22.1 Å². The number of aromatic nitrogens is 1. The van der Waals surface area contributed by atoms with Crippen LogP contribution in [0.25, 0.3) is 10.9 Å². The van der Waals surface area contributed by atoms with Crippen LogP contribution in [0.2, 0.25) is 0 Å². The predicted molar refractivity (Wildman–Crippen MR) is 80.7 cm³/mol. The molecule has 2 nitrogen and oxygen atoms in total. The predicted octanol–water partition coefficient (Wildman–Crippen LogP) is 3.78. The number of methoxy groups -OCH3 is 1. The van der Waals surface area contributed by atoms with Crippen molar-refractivity contribution in [2.24, 2.45) is 0 Å². The molecule has 0 N–H and O–H groups in total. The van der Waals surface area contributed by atoms with Crippen LogP contribution in [0.4, 0.5) is 4.39 Å². The quantitative estimate of drug-likeness (QED) is 0.631. The molecular formula is C18H12FNO. The number of hydrogen-bond donors (Lipinski definition) is 0. The molecule has 21 heavy (non-hydrogen) atoms. The van der Waals surface area contributed by atoms with E-state index >= 15 is 0 Å². The summed E-state index contributed by atoms with van der Waals surface area (Å²) in [5.74, 6) is 6.35. The van der Waals surface area contributed by atoms with Crippen LogP contribution >= 0.6 is 0 Å². The van der Waals surface area contributed by atoms with E-state index in [1.165, 1.54) is 12.1 Å². The van der Waals surface area contributed by atoms with Crippen molar-refractivity contribution in [3.63, 3.8) is 0 Å². The zero-order chi connectivity index (χ0) is 14.7. The molecule has 0 unspecified atom stereocenters. The minimum atomic E-state index is -0.294. The van der Waals surface area contributed by atoms with Crippen molar-refractivity contribution in [1.29, 1.82) is 0 Å². The van der Waals surface area contributed by atoms with E-state index in [9.17, 15) is 4.39 Å². The second kappa shape index (κ2) is 5.64. The molecule has 0 atom stereocenters. The van der Waals surface area contributed by atoms with Gasteiger partial charge in [0.05, 0.1) is 12.6 Å². The third-order valence-electron chi connectivity index (χ3n) is 3.07. The average molecular weight is 277 g/mol. The molecule has 0 amide bonds. The van der Waals surface area contributed by atoms with Gasteiger partial charge < -0.3 is 4.74 Å².